The minimum atomic E-state index is -0.342. The highest BCUT2D eigenvalue weighted by molar-refractivity contribution is 7.98. The highest BCUT2D eigenvalue weighted by atomic mass is 32.2. The first kappa shape index (κ1) is 24.7. The van der Waals surface area contributed by atoms with E-state index in [-0.39, 0.29) is 11.3 Å². The van der Waals surface area contributed by atoms with Crippen LogP contribution in [0.25, 0.3) is 22.5 Å². The normalized spacial score (nSPS) is 13.9. The summed E-state index contributed by atoms with van der Waals surface area (Å²) in [7, 11) is 0. The molecule has 4 nitrogen and oxygen atoms in total. The predicted molar refractivity (Wildman–Crippen MR) is 151 cm³/mol. The van der Waals surface area contributed by atoms with Gasteiger partial charge in [-0.2, -0.15) is 11.8 Å². The van der Waals surface area contributed by atoms with Crippen LogP contribution in [-0.4, -0.2) is 23.1 Å². The van der Waals surface area contributed by atoms with Gasteiger partial charge < -0.3 is 4.52 Å². The molecule has 0 bridgehead atoms. The monoisotopic (exact) mass is 514 g/mol. The molecule has 5 rings (SSSR count). The Hall–Kier alpha value is -2.96. The number of nitrogens with one attached hydrogen (secondary N) is 1. The zero-order valence-electron chi connectivity index (χ0n) is 20.6. The summed E-state index contributed by atoms with van der Waals surface area (Å²) >= 11 is 3.28. The number of rotatable bonds is 10. The predicted octanol–water partition coefficient (Wildman–Crippen LogP) is 7.22. The first-order valence-electron chi connectivity index (χ1n) is 12.2. The van der Waals surface area contributed by atoms with Gasteiger partial charge in [-0.3, -0.25) is 9.52 Å². The number of hydrogen-bond donors (Lipinski definition) is 1. The van der Waals surface area contributed by atoms with Crippen molar-refractivity contribution in [2.45, 2.75) is 37.4 Å². The summed E-state index contributed by atoms with van der Waals surface area (Å²) in [5.41, 5.74) is 7.56. The lowest BCUT2D eigenvalue weighted by Crippen LogP contribution is -2.30. The molecule has 1 amide bonds. The summed E-state index contributed by atoms with van der Waals surface area (Å²) in [6.45, 7) is 2.02. The number of aryl methyl sites for hydroxylation is 2. The van der Waals surface area contributed by atoms with Crippen molar-refractivity contribution in [2.75, 3.05) is 12.0 Å². The topological polar surface area (TPSA) is 55.1 Å². The molecule has 3 aromatic carbocycles. The van der Waals surface area contributed by atoms with Crippen molar-refractivity contribution in [1.82, 2.24) is 9.88 Å². The number of thioether (sulfide) groups is 1. The number of aromatic nitrogens is 1. The molecule has 0 atom stereocenters. The Labute approximate surface area is 221 Å². The number of benzene rings is 3. The zero-order valence-corrected chi connectivity index (χ0v) is 22.3. The van der Waals surface area contributed by atoms with Gasteiger partial charge in [-0.1, -0.05) is 96.0 Å². The molecule has 4 aromatic rings. The van der Waals surface area contributed by atoms with Crippen molar-refractivity contribution >= 4 is 29.6 Å². The number of amides is 1. The summed E-state index contributed by atoms with van der Waals surface area (Å²) in [5.74, 6) is 2.91. The van der Waals surface area contributed by atoms with Crippen LogP contribution >= 0.6 is 23.7 Å². The molecule has 0 saturated heterocycles. The van der Waals surface area contributed by atoms with E-state index in [4.69, 9.17) is 4.52 Å². The van der Waals surface area contributed by atoms with Gasteiger partial charge in [0.2, 0.25) is 5.91 Å². The highest BCUT2D eigenvalue weighted by Gasteiger charge is 2.51. The number of hydrogen-bond acceptors (Lipinski definition) is 5. The molecule has 0 aliphatic heterocycles. The van der Waals surface area contributed by atoms with Gasteiger partial charge in [-0.05, 0) is 54.2 Å². The lowest BCUT2D eigenvalue weighted by Gasteiger charge is -2.15. The summed E-state index contributed by atoms with van der Waals surface area (Å²) < 4.78 is 8.65. The van der Waals surface area contributed by atoms with E-state index in [9.17, 15) is 4.79 Å². The fraction of sp³-hybridized carbons (Fsp3) is 0.267. The minimum absolute atomic E-state index is 0.114. The second-order valence-corrected chi connectivity index (χ2v) is 11.0. The second-order valence-electron chi connectivity index (χ2n) is 9.24. The molecule has 1 aromatic heterocycles. The van der Waals surface area contributed by atoms with Crippen LogP contribution in [0.2, 0.25) is 0 Å². The average Bonchev–Trinajstić information content (AvgIpc) is 3.66. The van der Waals surface area contributed by atoms with Crippen LogP contribution in [-0.2, 0) is 22.4 Å². The summed E-state index contributed by atoms with van der Waals surface area (Å²) in [4.78, 5) is 12.5. The molecular formula is C30H30N2O2S2. The first-order valence-corrected chi connectivity index (χ1v) is 14.6. The van der Waals surface area contributed by atoms with Crippen LogP contribution in [0.15, 0.2) is 83.4 Å². The Morgan fingerprint density at radius 2 is 1.58 bits per heavy atom. The van der Waals surface area contributed by atoms with Gasteiger partial charge in [-0.25, -0.2) is 0 Å². The Morgan fingerprint density at radius 3 is 2.22 bits per heavy atom. The molecule has 0 unspecified atom stereocenters. The third-order valence-corrected chi connectivity index (χ3v) is 8.28. The molecule has 184 valence electrons. The molecule has 6 heteroatoms. The molecule has 1 aliphatic rings. The van der Waals surface area contributed by atoms with Gasteiger partial charge in [0.1, 0.15) is 0 Å². The van der Waals surface area contributed by atoms with Crippen molar-refractivity contribution in [1.29, 1.82) is 0 Å². The molecule has 1 fully saturated rings. The van der Waals surface area contributed by atoms with E-state index in [1.54, 1.807) is 0 Å². The molecule has 36 heavy (non-hydrogen) atoms. The van der Waals surface area contributed by atoms with Crippen molar-refractivity contribution < 1.29 is 9.32 Å². The number of carbonyl (C=O) groups is 1. The van der Waals surface area contributed by atoms with Crippen LogP contribution in [0.3, 0.4) is 0 Å². The van der Waals surface area contributed by atoms with Crippen LogP contribution in [0, 0.1) is 6.92 Å². The quantitative estimate of drug-likeness (QED) is 0.179. The second kappa shape index (κ2) is 11.0. The Bertz CT molecular complexity index is 1310. The smallest absolute Gasteiger partial charge is 0.240 e. The van der Waals surface area contributed by atoms with E-state index in [2.05, 4.69) is 88.7 Å². The first-order chi connectivity index (χ1) is 17.6. The molecule has 0 radical (unpaired) electrons. The Balaban J connectivity index is 1.25. The lowest BCUT2D eigenvalue weighted by molar-refractivity contribution is -0.121. The number of carbonyl (C=O) groups excluding carboxylic acids is 1. The van der Waals surface area contributed by atoms with E-state index in [1.807, 2.05) is 24.9 Å². The Kier molecular flexibility index (Phi) is 7.54. The maximum absolute atomic E-state index is 12.5. The van der Waals surface area contributed by atoms with Gasteiger partial charge in [0.15, 0.2) is 5.76 Å². The lowest BCUT2D eigenvalue weighted by atomic mass is 9.93. The van der Waals surface area contributed by atoms with Crippen LogP contribution in [0.5, 0.6) is 0 Å². The van der Waals surface area contributed by atoms with E-state index < -0.39 is 0 Å². The fourth-order valence-electron chi connectivity index (χ4n) is 4.55. The summed E-state index contributed by atoms with van der Waals surface area (Å²) in [6, 6.07) is 27.5. The maximum atomic E-state index is 12.5. The van der Waals surface area contributed by atoms with E-state index in [0.717, 1.165) is 64.5 Å². The van der Waals surface area contributed by atoms with E-state index in [1.165, 1.54) is 23.1 Å². The molecule has 0 spiro atoms. The fourth-order valence-corrected chi connectivity index (χ4v) is 6.00. The SMILES string of the molecule is CSNC(=O)C1(c2ccc(-c3ccc(-c4onc(C)c4CSCCc4ccccc4)cc3)cc2)CC1. The standard InChI is InChI=1S/C30H30N2O2S2/c1-21-27(20-36-19-16-22-6-4-3-5-7-22)28(34-31-21)25-10-8-23(9-11-25)24-12-14-26(15-13-24)30(17-18-30)29(33)32-35-2/h3-15H,16-20H2,1-2H3,(H,32,33). The third kappa shape index (κ3) is 5.25. The third-order valence-electron chi connectivity index (χ3n) is 6.91. The number of nitrogens with zero attached hydrogens (tertiary/aromatic N) is 1. The molecule has 1 N–H and O–H groups in total. The summed E-state index contributed by atoms with van der Waals surface area (Å²) in [6.07, 6.45) is 4.77. The van der Waals surface area contributed by atoms with Crippen molar-refractivity contribution in [3.05, 3.63) is 101 Å². The summed E-state index contributed by atoms with van der Waals surface area (Å²) in [5, 5.41) is 4.25. The van der Waals surface area contributed by atoms with Gasteiger partial charge >= 0.3 is 0 Å². The Morgan fingerprint density at radius 1 is 0.944 bits per heavy atom. The van der Waals surface area contributed by atoms with E-state index >= 15 is 0 Å². The van der Waals surface area contributed by atoms with Crippen molar-refractivity contribution in [3.8, 4) is 22.5 Å². The van der Waals surface area contributed by atoms with Crippen LogP contribution in [0.1, 0.15) is 35.2 Å². The molecule has 1 saturated carbocycles. The highest BCUT2D eigenvalue weighted by Crippen LogP contribution is 2.49. The van der Waals surface area contributed by atoms with Gasteiger partial charge in [0.25, 0.3) is 0 Å². The largest absolute Gasteiger partial charge is 0.356 e. The average molecular weight is 515 g/mol. The van der Waals surface area contributed by atoms with Gasteiger partial charge in [0, 0.05) is 23.1 Å². The molecular weight excluding hydrogens is 484 g/mol. The maximum Gasteiger partial charge on any atom is 0.240 e. The van der Waals surface area contributed by atoms with Crippen LogP contribution < -0.4 is 4.72 Å². The van der Waals surface area contributed by atoms with Gasteiger partial charge in [-0.15, -0.1) is 0 Å². The minimum Gasteiger partial charge on any atom is -0.356 e. The van der Waals surface area contributed by atoms with Crippen molar-refractivity contribution in [2.24, 2.45) is 0 Å². The van der Waals surface area contributed by atoms with Gasteiger partial charge in [0.05, 0.1) is 11.1 Å². The molecule has 1 aliphatic carbocycles. The van der Waals surface area contributed by atoms with E-state index in [0.29, 0.717) is 0 Å². The van der Waals surface area contributed by atoms with Crippen LogP contribution in [0.4, 0.5) is 0 Å². The zero-order chi connectivity index (χ0) is 25.0. The molecule has 1 heterocycles. The van der Waals surface area contributed by atoms with Crippen molar-refractivity contribution in [3.63, 3.8) is 0 Å².